The number of ketones is 1. The van der Waals surface area contributed by atoms with Crippen LogP contribution in [-0.4, -0.2) is 17.0 Å². The minimum Gasteiger partial charge on any atom is -0.300 e. The Labute approximate surface area is 183 Å². The number of hydrogen-bond donors (Lipinski definition) is 0. The molecule has 0 aromatic carbocycles. The van der Waals surface area contributed by atoms with E-state index < -0.39 is 5.60 Å². The summed E-state index contributed by atoms with van der Waals surface area (Å²) in [6.07, 6.45) is 15.9. The highest BCUT2D eigenvalue weighted by Crippen LogP contribution is 2.72. The highest BCUT2D eigenvalue weighted by Gasteiger charge is 2.74. The molecule has 168 valence electrons. The van der Waals surface area contributed by atoms with Gasteiger partial charge in [-0.1, -0.05) is 60.0 Å². The Morgan fingerprint density at radius 2 is 1.80 bits per heavy atom. The molecule has 4 unspecified atom stereocenters. The zero-order chi connectivity index (χ0) is 21.4. The summed E-state index contributed by atoms with van der Waals surface area (Å²) in [6.45, 7) is 12.2. The molecule has 2 heterocycles. The van der Waals surface area contributed by atoms with E-state index in [0.29, 0.717) is 35.9 Å². The monoisotopic (exact) mass is 414 g/mol. The van der Waals surface area contributed by atoms with Crippen LogP contribution in [0.5, 0.6) is 0 Å². The van der Waals surface area contributed by atoms with Crippen LogP contribution in [0.15, 0.2) is 12.2 Å². The molecule has 2 bridgehead atoms. The van der Waals surface area contributed by atoms with Crippen LogP contribution in [0.2, 0.25) is 0 Å². The van der Waals surface area contributed by atoms with Gasteiger partial charge in [0.2, 0.25) is 0 Å². The summed E-state index contributed by atoms with van der Waals surface area (Å²) in [7, 11) is 0. The van der Waals surface area contributed by atoms with Crippen LogP contribution >= 0.6 is 0 Å². The number of carbonyl (C=O) groups excluding carboxylic acids is 1. The van der Waals surface area contributed by atoms with Gasteiger partial charge in [0.15, 0.2) is 0 Å². The number of fused-ring (bicyclic) bond motifs is 2. The molecule has 8 atom stereocenters. The topological polar surface area (TPSA) is 35.5 Å². The zero-order valence-corrected chi connectivity index (χ0v) is 19.8. The van der Waals surface area contributed by atoms with E-state index in [2.05, 4.69) is 46.8 Å². The van der Waals surface area contributed by atoms with Gasteiger partial charge in [-0.3, -0.25) is 4.79 Å². The Kier molecular flexibility index (Phi) is 4.88. The van der Waals surface area contributed by atoms with Crippen molar-refractivity contribution in [2.45, 2.75) is 110 Å². The first kappa shape index (κ1) is 21.2. The number of rotatable bonds is 5. The molecule has 3 saturated carbocycles. The molecule has 3 heteroatoms. The molecule has 3 nitrogen and oxygen atoms in total. The molecular weight excluding hydrogens is 372 g/mol. The summed E-state index contributed by atoms with van der Waals surface area (Å²) in [5.74, 6) is 3.71. The Balaban J connectivity index is 1.43. The summed E-state index contributed by atoms with van der Waals surface area (Å²) in [5.41, 5.74) is -0.448. The first-order valence-corrected chi connectivity index (χ1v) is 12.8. The molecule has 0 radical (unpaired) electrons. The summed E-state index contributed by atoms with van der Waals surface area (Å²) >= 11 is 0. The van der Waals surface area contributed by atoms with Crippen LogP contribution in [0.4, 0.5) is 0 Å². The van der Waals surface area contributed by atoms with Crippen molar-refractivity contribution in [1.82, 2.24) is 0 Å². The van der Waals surface area contributed by atoms with Gasteiger partial charge in [-0.25, -0.2) is 9.78 Å². The van der Waals surface area contributed by atoms with Crippen molar-refractivity contribution in [2.75, 3.05) is 0 Å². The standard InChI is InChI=1S/C27H42O3/c1-18(2)7-6-8-19(3)21-9-10-22-24(21,4)13-12-23-25(5)14-11-20(28)17-26(25)15-16-27(22,23)30-29-26/h15-16,18-19,21-23H,6-14,17H2,1-5H3/t19-,21?,22?,23?,24-,25-,26-,27?/m1/s1. The van der Waals surface area contributed by atoms with Crippen LogP contribution in [0.3, 0.4) is 0 Å². The molecule has 0 N–H and O–H groups in total. The highest BCUT2D eigenvalue weighted by molar-refractivity contribution is 5.81. The predicted octanol–water partition coefficient (Wildman–Crippen LogP) is 6.66. The molecule has 4 fully saturated rings. The van der Waals surface area contributed by atoms with Crippen molar-refractivity contribution >= 4 is 5.78 Å². The lowest BCUT2D eigenvalue weighted by molar-refractivity contribution is -0.492. The molecular formula is C27H42O3. The molecule has 6 aliphatic rings. The molecule has 30 heavy (non-hydrogen) atoms. The van der Waals surface area contributed by atoms with Crippen molar-refractivity contribution in [3.8, 4) is 0 Å². The first-order valence-electron chi connectivity index (χ1n) is 12.8. The van der Waals surface area contributed by atoms with Crippen molar-refractivity contribution in [2.24, 2.45) is 40.4 Å². The fourth-order valence-electron chi connectivity index (χ4n) is 8.94. The van der Waals surface area contributed by atoms with E-state index in [4.69, 9.17) is 9.78 Å². The zero-order valence-electron chi connectivity index (χ0n) is 19.8. The van der Waals surface area contributed by atoms with E-state index in [1.807, 2.05) is 0 Å². The molecule has 2 aliphatic heterocycles. The van der Waals surface area contributed by atoms with E-state index in [9.17, 15) is 4.79 Å². The Bertz CT molecular complexity index is 742. The Morgan fingerprint density at radius 1 is 1.00 bits per heavy atom. The van der Waals surface area contributed by atoms with Gasteiger partial charge in [-0.2, -0.15) is 0 Å². The third-order valence-electron chi connectivity index (χ3n) is 10.7. The van der Waals surface area contributed by atoms with Crippen LogP contribution in [0.1, 0.15) is 98.8 Å². The van der Waals surface area contributed by atoms with Gasteiger partial charge in [0.05, 0.1) is 0 Å². The van der Waals surface area contributed by atoms with E-state index in [1.54, 1.807) is 0 Å². The SMILES string of the molecule is CC(C)CCC[C@@H](C)C1CCC2C34C=C[C@]5(CC(=O)CC[C@]5(C)C3CC[C@]12C)OO4. The quantitative estimate of drug-likeness (QED) is 0.373. The second-order valence-corrected chi connectivity index (χ2v) is 12.5. The van der Waals surface area contributed by atoms with Gasteiger partial charge < -0.3 is 0 Å². The summed E-state index contributed by atoms with van der Waals surface area (Å²) < 4.78 is 0. The molecule has 1 saturated heterocycles. The third-order valence-corrected chi connectivity index (χ3v) is 10.7. The lowest BCUT2D eigenvalue weighted by Gasteiger charge is -2.69. The first-order chi connectivity index (χ1) is 14.2. The lowest BCUT2D eigenvalue weighted by Crippen LogP contribution is -2.73. The summed E-state index contributed by atoms with van der Waals surface area (Å²) in [6, 6.07) is 0. The molecule has 4 aliphatic carbocycles. The average Bonchev–Trinajstić information content (AvgIpc) is 3.05. The lowest BCUT2D eigenvalue weighted by atomic mass is 9.43. The Morgan fingerprint density at radius 3 is 2.50 bits per heavy atom. The highest BCUT2D eigenvalue weighted by atomic mass is 17.2. The van der Waals surface area contributed by atoms with Crippen LogP contribution in [-0.2, 0) is 14.6 Å². The van der Waals surface area contributed by atoms with E-state index in [1.165, 1.54) is 44.9 Å². The van der Waals surface area contributed by atoms with Gasteiger partial charge in [0, 0.05) is 30.1 Å². The molecule has 2 spiro atoms. The second-order valence-electron chi connectivity index (χ2n) is 12.5. The van der Waals surface area contributed by atoms with E-state index in [0.717, 1.165) is 24.2 Å². The third kappa shape index (κ3) is 2.66. The smallest absolute Gasteiger partial charge is 0.136 e. The molecule has 0 aromatic heterocycles. The maximum absolute atomic E-state index is 12.3. The number of hydrogen-bond acceptors (Lipinski definition) is 3. The van der Waals surface area contributed by atoms with Gasteiger partial charge in [0.1, 0.15) is 17.0 Å². The number of Topliss-reactive ketones (excluding diaryl/α,β-unsaturated/α-hetero) is 1. The molecule has 6 rings (SSSR count). The van der Waals surface area contributed by atoms with Crippen molar-refractivity contribution in [1.29, 1.82) is 0 Å². The summed E-state index contributed by atoms with van der Waals surface area (Å²) in [5, 5.41) is 0. The van der Waals surface area contributed by atoms with Gasteiger partial charge in [-0.15, -0.1) is 0 Å². The van der Waals surface area contributed by atoms with Gasteiger partial charge >= 0.3 is 0 Å². The van der Waals surface area contributed by atoms with Crippen LogP contribution < -0.4 is 0 Å². The fraction of sp³-hybridized carbons (Fsp3) is 0.889. The van der Waals surface area contributed by atoms with Gasteiger partial charge in [0.25, 0.3) is 0 Å². The minimum absolute atomic E-state index is 0.0240. The van der Waals surface area contributed by atoms with E-state index in [-0.39, 0.29) is 11.0 Å². The largest absolute Gasteiger partial charge is 0.300 e. The van der Waals surface area contributed by atoms with Crippen LogP contribution in [0.25, 0.3) is 0 Å². The second kappa shape index (κ2) is 6.91. The number of carbonyl (C=O) groups is 1. The average molecular weight is 415 g/mol. The summed E-state index contributed by atoms with van der Waals surface area (Å²) in [4.78, 5) is 25.0. The maximum atomic E-state index is 12.3. The Hall–Kier alpha value is -0.670. The van der Waals surface area contributed by atoms with Crippen molar-refractivity contribution in [3.05, 3.63) is 12.2 Å². The van der Waals surface area contributed by atoms with Crippen molar-refractivity contribution in [3.63, 3.8) is 0 Å². The van der Waals surface area contributed by atoms with Crippen molar-refractivity contribution < 1.29 is 14.6 Å². The van der Waals surface area contributed by atoms with E-state index >= 15 is 0 Å². The maximum Gasteiger partial charge on any atom is 0.136 e. The predicted molar refractivity (Wildman–Crippen MR) is 119 cm³/mol. The minimum atomic E-state index is -0.523. The molecule has 0 aromatic rings. The van der Waals surface area contributed by atoms with Crippen LogP contribution in [0, 0.1) is 40.4 Å². The normalized spacial score (nSPS) is 50.3. The van der Waals surface area contributed by atoms with Gasteiger partial charge in [-0.05, 0) is 61.3 Å². The molecule has 0 amide bonds. The fourth-order valence-corrected chi connectivity index (χ4v) is 8.94.